The van der Waals surface area contributed by atoms with Crippen molar-refractivity contribution in [2.24, 2.45) is 0 Å². The van der Waals surface area contributed by atoms with Gasteiger partial charge >= 0.3 is 0 Å². The van der Waals surface area contributed by atoms with E-state index in [0.29, 0.717) is 5.82 Å². The number of benzene rings is 1. The maximum Gasteiger partial charge on any atom is 0.168 e. The molecule has 2 aromatic heterocycles. The van der Waals surface area contributed by atoms with E-state index in [0.717, 1.165) is 28.3 Å². The first-order chi connectivity index (χ1) is 9.72. The lowest BCUT2D eigenvalue weighted by atomic mass is 10.3. The molecule has 0 aliphatic heterocycles. The van der Waals surface area contributed by atoms with Crippen molar-refractivity contribution in [1.82, 2.24) is 19.7 Å². The maximum atomic E-state index is 5.16. The van der Waals surface area contributed by atoms with Gasteiger partial charge in [-0.1, -0.05) is 0 Å². The molecule has 0 bridgehead atoms. The Hall–Kier alpha value is -2.63. The van der Waals surface area contributed by atoms with Crippen LogP contribution in [0.3, 0.4) is 0 Å². The van der Waals surface area contributed by atoms with Crippen molar-refractivity contribution in [3.8, 4) is 11.4 Å². The van der Waals surface area contributed by atoms with Crippen molar-refractivity contribution < 1.29 is 4.74 Å². The van der Waals surface area contributed by atoms with E-state index in [-0.39, 0.29) is 0 Å². The predicted octanol–water partition coefficient (Wildman–Crippen LogP) is 2.17. The van der Waals surface area contributed by atoms with Crippen LogP contribution in [0.25, 0.3) is 16.7 Å². The van der Waals surface area contributed by atoms with Gasteiger partial charge in [-0.05, 0) is 31.2 Å². The third kappa shape index (κ3) is 1.95. The predicted molar refractivity (Wildman–Crippen MR) is 77.5 cm³/mol. The molecule has 0 amide bonds. The molecule has 0 aliphatic rings. The molecular weight excluding hydrogens is 254 g/mol. The summed E-state index contributed by atoms with van der Waals surface area (Å²) in [5.41, 5.74) is 1.72. The zero-order chi connectivity index (χ0) is 14.1. The number of nitrogens with one attached hydrogen (secondary N) is 1. The van der Waals surface area contributed by atoms with Crippen molar-refractivity contribution in [1.29, 1.82) is 0 Å². The molecule has 0 radical (unpaired) electrons. The first kappa shape index (κ1) is 12.4. The highest BCUT2D eigenvalue weighted by atomic mass is 16.5. The van der Waals surface area contributed by atoms with Gasteiger partial charge in [-0.2, -0.15) is 5.10 Å². The van der Waals surface area contributed by atoms with Gasteiger partial charge in [0.1, 0.15) is 17.4 Å². The molecule has 0 fully saturated rings. The minimum atomic E-state index is 0.706. The van der Waals surface area contributed by atoms with E-state index in [1.165, 1.54) is 0 Å². The molecule has 0 saturated heterocycles. The van der Waals surface area contributed by atoms with Crippen LogP contribution in [0.4, 0.5) is 5.82 Å². The van der Waals surface area contributed by atoms with Gasteiger partial charge in [0, 0.05) is 7.05 Å². The van der Waals surface area contributed by atoms with E-state index in [9.17, 15) is 0 Å². The van der Waals surface area contributed by atoms with Crippen LogP contribution in [0, 0.1) is 6.92 Å². The van der Waals surface area contributed by atoms with Gasteiger partial charge < -0.3 is 10.1 Å². The fraction of sp³-hybridized carbons (Fsp3) is 0.214. The molecule has 1 aromatic carbocycles. The third-order valence-electron chi connectivity index (χ3n) is 3.09. The number of methoxy groups -OCH3 is 1. The molecule has 0 unspecified atom stereocenters. The van der Waals surface area contributed by atoms with Crippen LogP contribution in [-0.2, 0) is 0 Å². The van der Waals surface area contributed by atoms with E-state index in [1.807, 2.05) is 38.2 Å². The van der Waals surface area contributed by atoms with Crippen LogP contribution >= 0.6 is 0 Å². The number of anilines is 1. The molecule has 0 spiro atoms. The summed E-state index contributed by atoms with van der Waals surface area (Å²) in [7, 11) is 3.49. The summed E-state index contributed by atoms with van der Waals surface area (Å²) in [4.78, 5) is 8.84. The summed E-state index contributed by atoms with van der Waals surface area (Å²) < 4.78 is 6.96. The number of hydrogen-bond acceptors (Lipinski definition) is 5. The summed E-state index contributed by atoms with van der Waals surface area (Å²) in [5.74, 6) is 2.30. The fourth-order valence-electron chi connectivity index (χ4n) is 2.12. The van der Waals surface area contributed by atoms with Crippen LogP contribution in [0.1, 0.15) is 5.82 Å². The Morgan fingerprint density at radius 2 is 1.90 bits per heavy atom. The monoisotopic (exact) mass is 269 g/mol. The highest BCUT2D eigenvalue weighted by molar-refractivity contribution is 5.87. The molecular formula is C14H15N5O. The van der Waals surface area contributed by atoms with Crippen LogP contribution < -0.4 is 10.1 Å². The zero-order valence-corrected chi connectivity index (χ0v) is 11.6. The van der Waals surface area contributed by atoms with Crippen LogP contribution in [0.5, 0.6) is 5.75 Å². The summed E-state index contributed by atoms with van der Waals surface area (Å²) in [6, 6.07) is 7.69. The number of nitrogens with zero attached hydrogens (tertiary/aromatic N) is 4. The summed E-state index contributed by atoms with van der Waals surface area (Å²) in [6.45, 7) is 1.87. The van der Waals surface area contributed by atoms with Gasteiger partial charge in [-0.25, -0.2) is 14.6 Å². The second-order valence-electron chi connectivity index (χ2n) is 4.36. The van der Waals surface area contributed by atoms with Gasteiger partial charge in [0.2, 0.25) is 0 Å². The lowest BCUT2D eigenvalue weighted by Crippen LogP contribution is -2.01. The van der Waals surface area contributed by atoms with Crippen molar-refractivity contribution >= 4 is 16.9 Å². The first-order valence-corrected chi connectivity index (χ1v) is 6.27. The van der Waals surface area contributed by atoms with Crippen molar-refractivity contribution in [2.45, 2.75) is 6.92 Å². The number of fused-ring (bicyclic) bond motifs is 1. The topological polar surface area (TPSA) is 64.9 Å². The summed E-state index contributed by atoms with van der Waals surface area (Å²) in [6.07, 6.45) is 1.77. The second-order valence-corrected chi connectivity index (χ2v) is 4.36. The van der Waals surface area contributed by atoms with Crippen LogP contribution in [-0.4, -0.2) is 33.9 Å². The smallest absolute Gasteiger partial charge is 0.168 e. The van der Waals surface area contributed by atoms with Gasteiger partial charge in [-0.3, -0.25) is 0 Å². The molecule has 2 heterocycles. The third-order valence-corrected chi connectivity index (χ3v) is 3.09. The van der Waals surface area contributed by atoms with E-state index >= 15 is 0 Å². The molecule has 6 nitrogen and oxygen atoms in total. The minimum Gasteiger partial charge on any atom is -0.497 e. The zero-order valence-electron chi connectivity index (χ0n) is 11.6. The molecule has 0 saturated carbocycles. The minimum absolute atomic E-state index is 0.706. The van der Waals surface area contributed by atoms with E-state index in [4.69, 9.17) is 4.74 Å². The van der Waals surface area contributed by atoms with E-state index < -0.39 is 0 Å². The Morgan fingerprint density at radius 1 is 1.15 bits per heavy atom. The first-order valence-electron chi connectivity index (χ1n) is 6.27. The van der Waals surface area contributed by atoms with E-state index in [2.05, 4.69) is 20.4 Å². The Labute approximate surface area is 116 Å². The highest BCUT2D eigenvalue weighted by Gasteiger charge is 2.11. The van der Waals surface area contributed by atoms with E-state index in [1.54, 1.807) is 18.0 Å². The molecule has 0 aliphatic carbocycles. The average Bonchev–Trinajstić information content (AvgIpc) is 2.90. The number of aryl methyl sites for hydroxylation is 1. The lowest BCUT2D eigenvalue weighted by molar-refractivity contribution is 0.414. The fourth-order valence-corrected chi connectivity index (χ4v) is 2.12. The number of ether oxygens (including phenoxy) is 1. The summed E-state index contributed by atoms with van der Waals surface area (Å²) in [5, 5.41) is 8.37. The normalized spacial score (nSPS) is 10.8. The Kier molecular flexibility index (Phi) is 2.98. The molecule has 1 N–H and O–H groups in total. The quantitative estimate of drug-likeness (QED) is 0.789. The molecule has 3 aromatic rings. The highest BCUT2D eigenvalue weighted by Crippen LogP contribution is 2.23. The van der Waals surface area contributed by atoms with Crippen molar-refractivity contribution in [3.63, 3.8) is 0 Å². The summed E-state index contributed by atoms with van der Waals surface area (Å²) >= 11 is 0. The molecule has 20 heavy (non-hydrogen) atoms. The maximum absolute atomic E-state index is 5.16. The molecule has 3 rings (SSSR count). The molecule has 102 valence electrons. The second kappa shape index (κ2) is 4.80. The Balaban J connectivity index is 2.18. The van der Waals surface area contributed by atoms with Crippen LogP contribution in [0.15, 0.2) is 30.5 Å². The largest absolute Gasteiger partial charge is 0.497 e. The van der Waals surface area contributed by atoms with Crippen molar-refractivity contribution in [2.75, 3.05) is 19.5 Å². The van der Waals surface area contributed by atoms with Crippen molar-refractivity contribution in [3.05, 3.63) is 36.3 Å². The standard InChI is InChI=1S/C14H15N5O/c1-9-17-13(15-2)12-8-16-19(14(12)18-9)10-4-6-11(20-3)7-5-10/h4-8H,1-3H3,(H,15,17,18). The Bertz CT molecular complexity index is 748. The van der Waals surface area contributed by atoms with Gasteiger partial charge in [-0.15, -0.1) is 0 Å². The van der Waals surface area contributed by atoms with Gasteiger partial charge in [0.25, 0.3) is 0 Å². The Morgan fingerprint density at radius 3 is 2.55 bits per heavy atom. The van der Waals surface area contributed by atoms with Crippen LogP contribution in [0.2, 0.25) is 0 Å². The number of rotatable bonds is 3. The van der Waals surface area contributed by atoms with Gasteiger partial charge in [0.05, 0.1) is 24.4 Å². The lowest BCUT2D eigenvalue weighted by Gasteiger charge is -2.06. The number of hydrogen-bond donors (Lipinski definition) is 1. The SMILES string of the molecule is CNc1nc(C)nc2c1cnn2-c1ccc(OC)cc1. The number of aromatic nitrogens is 4. The molecule has 0 atom stereocenters. The molecule has 6 heteroatoms. The van der Waals surface area contributed by atoms with Gasteiger partial charge in [0.15, 0.2) is 5.65 Å². The average molecular weight is 269 g/mol.